The van der Waals surface area contributed by atoms with Crippen LogP contribution in [0.2, 0.25) is 0 Å². The molecule has 1 N–H and O–H groups in total. The predicted octanol–water partition coefficient (Wildman–Crippen LogP) is 2.24. The van der Waals surface area contributed by atoms with Gasteiger partial charge in [-0.3, -0.25) is 4.79 Å². The molecule has 4 nitrogen and oxygen atoms in total. The average Bonchev–Trinajstić information content (AvgIpc) is 2.64. The second-order valence-corrected chi connectivity index (χ2v) is 3.91. The minimum atomic E-state index is -0.392. The monoisotopic (exact) mass is 237 g/mol. The Bertz CT molecular complexity index is 526. The molecule has 0 aliphatic heterocycles. The third kappa shape index (κ3) is 2.22. The van der Waals surface area contributed by atoms with Gasteiger partial charge in [0.15, 0.2) is 0 Å². The molecule has 1 amide bonds. The highest BCUT2D eigenvalue weighted by Gasteiger charge is 2.13. The summed E-state index contributed by atoms with van der Waals surface area (Å²) in [6.45, 7) is 1.70. The number of aromatic nitrogens is 2. The lowest BCUT2D eigenvalue weighted by Gasteiger charge is -2.02. The smallest absolute Gasteiger partial charge is 0.269 e. The molecule has 0 radical (unpaired) electrons. The normalized spacial score (nSPS) is 10.1. The van der Waals surface area contributed by atoms with E-state index in [9.17, 15) is 9.18 Å². The second kappa shape index (κ2) is 4.36. The van der Waals surface area contributed by atoms with Crippen LogP contribution in [0.15, 0.2) is 24.3 Å². The Labute approximate surface area is 95.3 Å². The summed E-state index contributed by atoms with van der Waals surface area (Å²) in [4.78, 5) is 12.1. The topological polar surface area (TPSA) is 54.9 Å². The fourth-order valence-electron chi connectivity index (χ4n) is 1.19. The molecule has 0 saturated heterocycles. The van der Waals surface area contributed by atoms with Gasteiger partial charge in [-0.2, -0.15) is 0 Å². The van der Waals surface area contributed by atoms with Gasteiger partial charge in [0.2, 0.25) is 0 Å². The van der Waals surface area contributed by atoms with Crippen molar-refractivity contribution in [2.45, 2.75) is 6.92 Å². The first-order valence-corrected chi connectivity index (χ1v) is 5.30. The maximum atomic E-state index is 12.9. The van der Waals surface area contributed by atoms with Crippen LogP contribution >= 0.6 is 11.5 Å². The number of hydrogen-bond acceptors (Lipinski definition) is 4. The third-order valence-corrected chi connectivity index (χ3v) is 2.77. The standard InChI is InChI=1S/C10H8FN3OS/c1-6-9(16-14-13-6)10(15)12-8-4-2-3-7(11)5-8/h2-5H,1H3,(H,12,15). The molecule has 1 aromatic heterocycles. The van der Waals surface area contributed by atoms with Crippen LogP contribution in [0.3, 0.4) is 0 Å². The predicted molar refractivity (Wildman–Crippen MR) is 59.0 cm³/mol. The molecule has 0 atom stereocenters. The van der Waals surface area contributed by atoms with E-state index in [1.165, 1.54) is 18.2 Å². The van der Waals surface area contributed by atoms with Gasteiger partial charge in [-0.15, -0.1) is 5.10 Å². The molecular weight excluding hydrogens is 229 g/mol. The fourth-order valence-corrected chi connectivity index (χ4v) is 1.75. The number of nitrogens with one attached hydrogen (secondary N) is 1. The Hall–Kier alpha value is -1.82. The molecule has 6 heteroatoms. The number of anilines is 1. The Morgan fingerprint density at radius 1 is 1.50 bits per heavy atom. The molecule has 1 heterocycles. The molecule has 0 aliphatic rings. The SMILES string of the molecule is Cc1nnsc1C(=O)Nc1cccc(F)c1. The van der Waals surface area contributed by atoms with E-state index >= 15 is 0 Å². The van der Waals surface area contributed by atoms with Gasteiger partial charge >= 0.3 is 0 Å². The van der Waals surface area contributed by atoms with Crippen molar-refractivity contribution < 1.29 is 9.18 Å². The summed E-state index contributed by atoms with van der Waals surface area (Å²) < 4.78 is 16.5. The average molecular weight is 237 g/mol. The molecule has 0 aliphatic carbocycles. The van der Waals surface area contributed by atoms with Crippen LogP contribution in [0.1, 0.15) is 15.4 Å². The lowest BCUT2D eigenvalue weighted by molar-refractivity contribution is 0.103. The zero-order chi connectivity index (χ0) is 11.5. The Morgan fingerprint density at radius 3 is 2.94 bits per heavy atom. The molecule has 0 saturated carbocycles. The van der Waals surface area contributed by atoms with Gasteiger partial charge in [-0.25, -0.2) is 4.39 Å². The van der Waals surface area contributed by atoms with E-state index in [-0.39, 0.29) is 5.91 Å². The first kappa shape index (κ1) is 10.7. The summed E-state index contributed by atoms with van der Waals surface area (Å²) in [7, 11) is 0. The van der Waals surface area contributed by atoms with E-state index in [1.54, 1.807) is 13.0 Å². The van der Waals surface area contributed by atoms with Crippen molar-refractivity contribution in [3.05, 3.63) is 40.7 Å². The number of carbonyl (C=O) groups is 1. The van der Waals surface area contributed by atoms with E-state index < -0.39 is 5.82 Å². The Kier molecular flexibility index (Phi) is 2.91. The van der Waals surface area contributed by atoms with Crippen molar-refractivity contribution in [2.75, 3.05) is 5.32 Å². The van der Waals surface area contributed by atoms with Gasteiger partial charge in [0.05, 0.1) is 5.69 Å². The van der Waals surface area contributed by atoms with Crippen molar-refractivity contribution in [1.82, 2.24) is 9.59 Å². The van der Waals surface area contributed by atoms with Crippen molar-refractivity contribution in [2.24, 2.45) is 0 Å². The van der Waals surface area contributed by atoms with Gasteiger partial charge in [0.1, 0.15) is 10.7 Å². The summed E-state index contributed by atoms with van der Waals surface area (Å²) >= 11 is 1.01. The highest BCUT2D eigenvalue weighted by Crippen LogP contribution is 2.14. The van der Waals surface area contributed by atoms with E-state index in [4.69, 9.17) is 0 Å². The molecule has 0 unspecified atom stereocenters. The maximum absolute atomic E-state index is 12.9. The molecule has 0 spiro atoms. The molecule has 2 rings (SSSR count). The number of aryl methyl sites for hydroxylation is 1. The number of amides is 1. The number of halogens is 1. The summed E-state index contributed by atoms with van der Waals surface area (Å²) in [5.41, 5.74) is 0.983. The van der Waals surface area contributed by atoms with Crippen molar-refractivity contribution in [1.29, 1.82) is 0 Å². The lowest BCUT2D eigenvalue weighted by atomic mass is 10.3. The Morgan fingerprint density at radius 2 is 2.31 bits per heavy atom. The number of benzene rings is 1. The number of nitrogens with zero attached hydrogens (tertiary/aromatic N) is 2. The van der Waals surface area contributed by atoms with Crippen LogP contribution in [0.5, 0.6) is 0 Å². The van der Waals surface area contributed by atoms with Crippen LogP contribution in [-0.2, 0) is 0 Å². The lowest BCUT2D eigenvalue weighted by Crippen LogP contribution is -2.11. The molecule has 16 heavy (non-hydrogen) atoms. The summed E-state index contributed by atoms with van der Waals surface area (Å²) in [6.07, 6.45) is 0. The second-order valence-electron chi connectivity index (χ2n) is 3.15. The van der Waals surface area contributed by atoms with Crippen molar-refractivity contribution in [3.63, 3.8) is 0 Å². The van der Waals surface area contributed by atoms with E-state index in [2.05, 4.69) is 14.9 Å². The molecule has 1 aromatic carbocycles. The summed E-state index contributed by atoms with van der Waals surface area (Å²) in [5, 5.41) is 6.31. The highest BCUT2D eigenvalue weighted by atomic mass is 32.1. The minimum absolute atomic E-state index is 0.321. The van der Waals surface area contributed by atoms with Crippen molar-refractivity contribution >= 4 is 23.1 Å². The zero-order valence-electron chi connectivity index (χ0n) is 8.40. The number of carbonyl (C=O) groups excluding carboxylic acids is 1. The van der Waals surface area contributed by atoms with Crippen LogP contribution < -0.4 is 5.32 Å². The quantitative estimate of drug-likeness (QED) is 0.871. The zero-order valence-corrected chi connectivity index (χ0v) is 9.21. The van der Waals surface area contributed by atoms with Crippen molar-refractivity contribution in [3.8, 4) is 0 Å². The van der Waals surface area contributed by atoms with Crippen LogP contribution in [-0.4, -0.2) is 15.5 Å². The van der Waals surface area contributed by atoms with Crippen LogP contribution in [0.25, 0.3) is 0 Å². The van der Waals surface area contributed by atoms with Gasteiger partial charge in [0.25, 0.3) is 5.91 Å². The van der Waals surface area contributed by atoms with Crippen LogP contribution in [0.4, 0.5) is 10.1 Å². The first-order chi connectivity index (χ1) is 7.66. The number of rotatable bonds is 2. The summed E-state index contributed by atoms with van der Waals surface area (Å²) in [5.74, 6) is -0.713. The molecule has 82 valence electrons. The van der Waals surface area contributed by atoms with Gasteiger partial charge in [-0.1, -0.05) is 10.6 Å². The molecular formula is C10H8FN3OS. The first-order valence-electron chi connectivity index (χ1n) is 4.52. The largest absolute Gasteiger partial charge is 0.321 e. The fraction of sp³-hybridized carbons (Fsp3) is 0.100. The minimum Gasteiger partial charge on any atom is -0.321 e. The van der Waals surface area contributed by atoms with Gasteiger partial charge < -0.3 is 5.32 Å². The van der Waals surface area contributed by atoms with E-state index in [0.717, 1.165) is 11.5 Å². The van der Waals surface area contributed by atoms with E-state index in [0.29, 0.717) is 16.3 Å². The molecule has 2 aromatic rings. The summed E-state index contributed by atoms with van der Waals surface area (Å²) in [6, 6.07) is 5.71. The maximum Gasteiger partial charge on any atom is 0.269 e. The van der Waals surface area contributed by atoms with Gasteiger partial charge in [0, 0.05) is 5.69 Å². The van der Waals surface area contributed by atoms with Gasteiger partial charge in [-0.05, 0) is 36.7 Å². The highest BCUT2D eigenvalue weighted by molar-refractivity contribution is 7.08. The van der Waals surface area contributed by atoms with E-state index in [1.807, 2.05) is 0 Å². The van der Waals surface area contributed by atoms with Crippen LogP contribution in [0, 0.1) is 12.7 Å². The Balaban J connectivity index is 2.17. The molecule has 0 fully saturated rings. The third-order valence-electron chi connectivity index (χ3n) is 1.94. The number of hydrogen-bond donors (Lipinski definition) is 1. The molecule has 0 bridgehead atoms.